The van der Waals surface area contributed by atoms with Gasteiger partial charge in [-0.1, -0.05) is 29.8 Å². The molecule has 2 aromatic heterocycles. The number of hydrogen-bond acceptors (Lipinski definition) is 4. The van der Waals surface area contributed by atoms with Crippen LogP contribution < -0.4 is 10.3 Å². The third-order valence-corrected chi connectivity index (χ3v) is 6.14. The Labute approximate surface area is 178 Å². The third-order valence-electron chi connectivity index (χ3n) is 5.00. The molecule has 29 heavy (non-hydrogen) atoms. The normalized spacial score (nSPS) is 11.1. The molecule has 0 spiro atoms. The van der Waals surface area contributed by atoms with Gasteiger partial charge in [-0.15, -0.1) is 11.3 Å². The smallest absolute Gasteiger partial charge is 0.262 e. The van der Waals surface area contributed by atoms with Crippen LogP contribution in [0.2, 0.25) is 5.02 Å². The van der Waals surface area contributed by atoms with Gasteiger partial charge in [0.05, 0.1) is 18.3 Å². The molecule has 2 heterocycles. The Hall–Kier alpha value is -2.63. The summed E-state index contributed by atoms with van der Waals surface area (Å²) < 4.78 is 7.39. The quantitative estimate of drug-likeness (QED) is 0.364. The van der Waals surface area contributed by atoms with Gasteiger partial charge in [0.1, 0.15) is 10.6 Å². The highest BCUT2D eigenvalue weighted by molar-refractivity contribution is 7.17. The zero-order valence-corrected chi connectivity index (χ0v) is 17.9. The van der Waals surface area contributed by atoms with Crippen LogP contribution >= 0.6 is 22.9 Å². The molecule has 6 heteroatoms. The number of ether oxygens (including phenoxy) is 1. The summed E-state index contributed by atoms with van der Waals surface area (Å²) in [5.41, 5.74) is 4.46. The molecule has 0 N–H and O–H groups in total. The third kappa shape index (κ3) is 4.21. The first-order chi connectivity index (χ1) is 14.0. The lowest BCUT2D eigenvalue weighted by molar-refractivity contribution is 0.301. The summed E-state index contributed by atoms with van der Waals surface area (Å²) in [4.78, 5) is 18.4. The van der Waals surface area contributed by atoms with Crippen LogP contribution in [0.4, 0.5) is 0 Å². The number of nitrogens with zero attached hydrogens (tertiary/aromatic N) is 2. The zero-order valence-electron chi connectivity index (χ0n) is 16.3. The first-order valence-electron chi connectivity index (χ1n) is 9.45. The molecule has 4 rings (SSSR count). The highest BCUT2D eigenvalue weighted by Gasteiger charge is 2.13. The lowest BCUT2D eigenvalue weighted by Crippen LogP contribution is -2.21. The first-order valence-corrected chi connectivity index (χ1v) is 10.7. The molecular weight excluding hydrogens is 404 g/mol. The number of rotatable bonds is 6. The van der Waals surface area contributed by atoms with Gasteiger partial charge >= 0.3 is 0 Å². The monoisotopic (exact) mass is 424 g/mol. The summed E-state index contributed by atoms with van der Waals surface area (Å²) in [7, 11) is 0. The van der Waals surface area contributed by atoms with E-state index in [1.54, 1.807) is 23.0 Å². The topological polar surface area (TPSA) is 44.1 Å². The second-order valence-corrected chi connectivity index (χ2v) is 8.32. The molecule has 0 aliphatic heterocycles. The Kier molecular flexibility index (Phi) is 5.69. The molecule has 0 bridgehead atoms. The number of aryl methyl sites for hydroxylation is 3. The second-order valence-electron chi connectivity index (χ2n) is 7.03. The molecule has 0 fully saturated rings. The number of halogens is 1. The van der Waals surface area contributed by atoms with E-state index in [0.29, 0.717) is 30.0 Å². The highest BCUT2D eigenvalue weighted by atomic mass is 35.5. The second kappa shape index (κ2) is 8.39. The van der Waals surface area contributed by atoms with Gasteiger partial charge < -0.3 is 4.74 Å². The van der Waals surface area contributed by atoms with Crippen molar-refractivity contribution < 1.29 is 4.74 Å². The van der Waals surface area contributed by atoms with Crippen molar-refractivity contribution in [3.63, 3.8) is 0 Å². The van der Waals surface area contributed by atoms with Crippen molar-refractivity contribution in [2.24, 2.45) is 0 Å². The standard InChI is InChI=1S/C23H21ClN2O2S/c1-15-4-5-17(12-16(15)2)20-13-29-22-21(20)23(27)26(14-25-22)10-3-11-28-19-8-6-18(24)7-9-19/h4-9,12-14H,3,10-11H2,1-2H3. The van der Waals surface area contributed by atoms with E-state index in [0.717, 1.165) is 21.7 Å². The van der Waals surface area contributed by atoms with Crippen LogP contribution in [0.15, 0.2) is 59.0 Å². The molecule has 0 aliphatic carbocycles. The van der Waals surface area contributed by atoms with Crippen LogP contribution in [-0.4, -0.2) is 16.2 Å². The van der Waals surface area contributed by atoms with Crippen molar-refractivity contribution in [1.29, 1.82) is 0 Å². The lowest BCUT2D eigenvalue weighted by atomic mass is 10.0. The predicted molar refractivity (Wildman–Crippen MR) is 120 cm³/mol. The Morgan fingerprint density at radius 2 is 1.90 bits per heavy atom. The van der Waals surface area contributed by atoms with Crippen LogP contribution in [0.25, 0.3) is 21.3 Å². The lowest BCUT2D eigenvalue weighted by Gasteiger charge is -2.09. The van der Waals surface area contributed by atoms with Crippen molar-refractivity contribution >= 4 is 33.2 Å². The van der Waals surface area contributed by atoms with Gasteiger partial charge in [0.15, 0.2) is 0 Å². The molecule has 148 valence electrons. The van der Waals surface area contributed by atoms with Crippen LogP contribution in [-0.2, 0) is 6.54 Å². The summed E-state index contributed by atoms with van der Waals surface area (Å²) in [6.45, 7) is 5.24. The molecule has 0 aliphatic rings. The molecule has 0 saturated carbocycles. The van der Waals surface area contributed by atoms with Gasteiger partial charge in [-0.2, -0.15) is 0 Å². The van der Waals surface area contributed by atoms with Crippen LogP contribution in [0.5, 0.6) is 5.75 Å². The highest BCUT2D eigenvalue weighted by Crippen LogP contribution is 2.31. The fourth-order valence-corrected chi connectivity index (χ4v) is 4.24. The summed E-state index contributed by atoms with van der Waals surface area (Å²) in [6, 6.07) is 13.6. The van der Waals surface area contributed by atoms with E-state index in [9.17, 15) is 4.79 Å². The molecule has 4 aromatic rings. The van der Waals surface area contributed by atoms with E-state index in [1.165, 1.54) is 22.5 Å². The fraction of sp³-hybridized carbons (Fsp3) is 0.217. The summed E-state index contributed by atoms with van der Waals surface area (Å²) in [5, 5.41) is 3.40. The maximum absolute atomic E-state index is 13.1. The van der Waals surface area contributed by atoms with E-state index in [2.05, 4.69) is 37.0 Å². The maximum Gasteiger partial charge on any atom is 0.262 e. The average molecular weight is 425 g/mol. The van der Waals surface area contributed by atoms with E-state index in [1.807, 2.05) is 17.5 Å². The molecule has 0 saturated heterocycles. The van der Waals surface area contributed by atoms with Crippen LogP contribution in [0.1, 0.15) is 17.5 Å². The Morgan fingerprint density at radius 1 is 1.10 bits per heavy atom. The first kappa shape index (κ1) is 19.7. The number of hydrogen-bond donors (Lipinski definition) is 0. The van der Waals surface area contributed by atoms with E-state index in [4.69, 9.17) is 16.3 Å². The number of fused-ring (bicyclic) bond motifs is 1. The van der Waals surface area contributed by atoms with Crippen LogP contribution in [0, 0.1) is 13.8 Å². The summed E-state index contributed by atoms with van der Waals surface area (Å²) >= 11 is 7.39. The maximum atomic E-state index is 13.1. The molecule has 0 radical (unpaired) electrons. The van der Waals surface area contributed by atoms with Gasteiger partial charge in [0.25, 0.3) is 5.56 Å². The summed E-state index contributed by atoms with van der Waals surface area (Å²) in [5.74, 6) is 0.769. The van der Waals surface area contributed by atoms with Crippen molar-refractivity contribution in [2.75, 3.05) is 6.61 Å². The minimum atomic E-state index is -0.00373. The molecule has 0 amide bonds. The van der Waals surface area contributed by atoms with E-state index >= 15 is 0 Å². The molecular formula is C23H21ClN2O2S. The Morgan fingerprint density at radius 3 is 2.66 bits per heavy atom. The summed E-state index contributed by atoms with van der Waals surface area (Å²) in [6.07, 6.45) is 2.34. The van der Waals surface area contributed by atoms with Gasteiger partial charge in [0.2, 0.25) is 0 Å². The van der Waals surface area contributed by atoms with E-state index in [-0.39, 0.29) is 5.56 Å². The number of benzene rings is 2. The van der Waals surface area contributed by atoms with E-state index < -0.39 is 0 Å². The molecule has 0 atom stereocenters. The zero-order chi connectivity index (χ0) is 20.4. The molecule has 2 aromatic carbocycles. The van der Waals surface area contributed by atoms with Crippen molar-refractivity contribution in [1.82, 2.24) is 9.55 Å². The minimum Gasteiger partial charge on any atom is -0.494 e. The molecule has 0 unspecified atom stereocenters. The molecule has 4 nitrogen and oxygen atoms in total. The van der Waals surface area contributed by atoms with Gasteiger partial charge in [0, 0.05) is 22.5 Å². The fourth-order valence-electron chi connectivity index (χ4n) is 3.20. The predicted octanol–water partition coefficient (Wildman–Crippen LogP) is 5.86. The number of aromatic nitrogens is 2. The Bertz CT molecular complexity index is 1210. The average Bonchev–Trinajstić information content (AvgIpc) is 3.15. The minimum absolute atomic E-state index is 0.00373. The van der Waals surface area contributed by atoms with Crippen molar-refractivity contribution in [2.45, 2.75) is 26.8 Å². The van der Waals surface area contributed by atoms with Gasteiger partial charge in [-0.05, 0) is 61.2 Å². The van der Waals surface area contributed by atoms with Crippen LogP contribution in [0.3, 0.4) is 0 Å². The SMILES string of the molecule is Cc1ccc(-c2csc3ncn(CCCOc4ccc(Cl)cc4)c(=O)c23)cc1C. The van der Waals surface area contributed by atoms with Crippen molar-refractivity contribution in [3.05, 3.63) is 80.7 Å². The number of thiophene rings is 1. The van der Waals surface area contributed by atoms with Crippen molar-refractivity contribution in [3.8, 4) is 16.9 Å². The Balaban J connectivity index is 1.53. The van der Waals surface area contributed by atoms with Gasteiger partial charge in [-0.3, -0.25) is 9.36 Å². The largest absolute Gasteiger partial charge is 0.494 e. The van der Waals surface area contributed by atoms with Gasteiger partial charge in [-0.25, -0.2) is 4.98 Å².